The molecule has 0 spiro atoms. The first-order valence-electron chi connectivity index (χ1n) is 5.49. The maximum Gasteiger partial charge on any atom is 0.0585 e. The summed E-state index contributed by atoms with van der Waals surface area (Å²) < 4.78 is 2.13. The maximum atomic E-state index is 6.07. The maximum absolute atomic E-state index is 6.07. The predicted octanol–water partition coefficient (Wildman–Crippen LogP) is 5.17. The average Bonchev–Trinajstić information content (AvgIpc) is 2.37. The van der Waals surface area contributed by atoms with Crippen LogP contribution in [-0.2, 0) is 0 Å². The molecule has 0 amide bonds. The smallest absolute Gasteiger partial charge is 0.0585 e. The number of hydrogen-bond donors (Lipinski definition) is 1. The molecule has 0 aliphatic rings. The van der Waals surface area contributed by atoms with E-state index < -0.39 is 0 Å². The Bertz CT molecular complexity index is 540. The molecule has 1 N–H and O–H groups in total. The second kappa shape index (κ2) is 6.20. The monoisotopic (exact) mass is 387 g/mol. The Kier molecular flexibility index (Phi) is 4.84. The van der Waals surface area contributed by atoms with E-state index in [1.165, 1.54) is 5.56 Å². The van der Waals surface area contributed by atoms with E-state index in [0.29, 0.717) is 0 Å². The van der Waals surface area contributed by atoms with Gasteiger partial charge in [-0.05, 0) is 48.5 Å². The topological polar surface area (TPSA) is 12.0 Å². The minimum absolute atomic E-state index is 0.117. The summed E-state index contributed by atoms with van der Waals surface area (Å²) in [7, 11) is 1.94. The van der Waals surface area contributed by atoms with Crippen molar-refractivity contribution >= 4 is 43.5 Å². The molecule has 1 atom stereocenters. The third-order valence-corrected chi connectivity index (χ3v) is 4.25. The molecule has 2 aromatic carbocycles. The van der Waals surface area contributed by atoms with Gasteiger partial charge in [0.1, 0.15) is 0 Å². The number of rotatable bonds is 3. The highest BCUT2D eigenvalue weighted by atomic mass is 79.9. The third kappa shape index (κ3) is 3.15. The molecule has 0 radical (unpaired) electrons. The highest BCUT2D eigenvalue weighted by Gasteiger charge is 2.15. The molecule has 0 saturated heterocycles. The molecule has 0 heterocycles. The summed E-state index contributed by atoms with van der Waals surface area (Å²) >= 11 is 13.1. The number of nitrogens with one attached hydrogen (secondary N) is 1. The van der Waals surface area contributed by atoms with Gasteiger partial charge in [-0.15, -0.1) is 0 Å². The predicted molar refractivity (Wildman–Crippen MR) is 84.2 cm³/mol. The Morgan fingerprint density at radius 2 is 1.72 bits per heavy atom. The summed E-state index contributed by atoms with van der Waals surface area (Å²) in [6.07, 6.45) is 0. The number of benzene rings is 2. The summed E-state index contributed by atoms with van der Waals surface area (Å²) in [5.74, 6) is 0. The van der Waals surface area contributed by atoms with Crippen LogP contribution in [-0.4, -0.2) is 7.05 Å². The van der Waals surface area contributed by atoms with E-state index >= 15 is 0 Å². The van der Waals surface area contributed by atoms with Gasteiger partial charge in [0.25, 0.3) is 0 Å². The summed E-state index contributed by atoms with van der Waals surface area (Å²) in [4.78, 5) is 0. The zero-order chi connectivity index (χ0) is 13.1. The van der Waals surface area contributed by atoms with Gasteiger partial charge in [0.05, 0.1) is 6.04 Å². The van der Waals surface area contributed by atoms with E-state index in [1.807, 2.05) is 37.4 Å². The quantitative estimate of drug-likeness (QED) is 0.763. The first-order valence-corrected chi connectivity index (χ1v) is 7.46. The summed E-state index contributed by atoms with van der Waals surface area (Å²) in [5.41, 5.74) is 2.33. The molecule has 2 rings (SSSR count). The van der Waals surface area contributed by atoms with Gasteiger partial charge >= 0.3 is 0 Å². The van der Waals surface area contributed by atoms with Crippen LogP contribution in [0.5, 0.6) is 0 Å². The van der Waals surface area contributed by atoms with Crippen molar-refractivity contribution in [2.75, 3.05) is 7.05 Å². The van der Waals surface area contributed by atoms with Crippen LogP contribution >= 0.6 is 43.5 Å². The van der Waals surface area contributed by atoms with Gasteiger partial charge in [0, 0.05) is 14.0 Å². The Balaban J connectivity index is 2.44. The van der Waals surface area contributed by atoms with Crippen molar-refractivity contribution in [1.82, 2.24) is 5.32 Å². The largest absolute Gasteiger partial charge is 0.309 e. The zero-order valence-electron chi connectivity index (χ0n) is 9.75. The molecule has 1 nitrogen and oxygen atoms in total. The van der Waals surface area contributed by atoms with Gasteiger partial charge in [-0.3, -0.25) is 0 Å². The van der Waals surface area contributed by atoms with Gasteiger partial charge in [-0.25, -0.2) is 0 Å². The Morgan fingerprint density at radius 3 is 2.33 bits per heavy atom. The Morgan fingerprint density at radius 1 is 1.06 bits per heavy atom. The normalized spacial score (nSPS) is 12.4. The zero-order valence-corrected chi connectivity index (χ0v) is 13.7. The van der Waals surface area contributed by atoms with E-state index in [4.69, 9.17) is 11.6 Å². The van der Waals surface area contributed by atoms with Crippen molar-refractivity contribution in [3.05, 3.63) is 67.6 Å². The van der Waals surface area contributed by atoms with Crippen molar-refractivity contribution in [2.45, 2.75) is 6.04 Å². The van der Waals surface area contributed by atoms with E-state index in [0.717, 1.165) is 19.5 Å². The first-order chi connectivity index (χ1) is 8.61. The van der Waals surface area contributed by atoms with Gasteiger partial charge < -0.3 is 5.32 Å². The molecule has 0 aliphatic carbocycles. The fourth-order valence-electron chi connectivity index (χ4n) is 1.89. The van der Waals surface area contributed by atoms with Crippen molar-refractivity contribution in [3.63, 3.8) is 0 Å². The molecule has 1 unspecified atom stereocenters. The van der Waals surface area contributed by atoms with Crippen molar-refractivity contribution in [2.24, 2.45) is 0 Å². The minimum Gasteiger partial charge on any atom is -0.309 e. The molecule has 94 valence electrons. The molecule has 0 aromatic heterocycles. The lowest BCUT2D eigenvalue weighted by molar-refractivity contribution is 0.689. The van der Waals surface area contributed by atoms with Gasteiger partial charge in [0.15, 0.2) is 0 Å². The van der Waals surface area contributed by atoms with Crippen LogP contribution in [0, 0.1) is 0 Å². The van der Waals surface area contributed by atoms with Crippen molar-refractivity contribution in [1.29, 1.82) is 0 Å². The second-order valence-corrected chi connectivity index (χ2v) is 6.15. The molecule has 0 aliphatic heterocycles. The van der Waals surface area contributed by atoms with Crippen LogP contribution in [0.15, 0.2) is 51.4 Å². The molecule has 0 saturated carbocycles. The second-order valence-electron chi connectivity index (χ2n) is 3.94. The minimum atomic E-state index is 0.117. The number of halogens is 3. The van der Waals surface area contributed by atoms with Gasteiger partial charge in [0.2, 0.25) is 0 Å². The summed E-state index contributed by atoms with van der Waals surface area (Å²) in [6, 6.07) is 14.2. The fourth-order valence-corrected chi connectivity index (χ4v) is 2.81. The lowest BCUT2D eigenvalue weighted by Gasteiger charge is -2.19. The van der Waals surface area contributed by atoms with Crippen LogP contribution in [0.3, 0.4) is 0 Å². The number of hydrogen-bond acceptors (Lipinski definition) is 1. The highest BCUT2D eigenvalue weighted by Crippen LogP contribution is 2.31. The molecule has 18 heavy (non-hydrogen) atoms. The SMILES string of the molecule is CNC(c1ccc(Br)cc1)c1cc(Cl)ccc1Br. The van der Waals surface area contributed by atoms with E-state index in [9.17, 15) is 0 Å². The van der Waals surface area contributed by atoms with E-state index in [1.54, 1.807) is 0 Å². The molecular formula is C14H12Br2ClN. The molecule has 2 aromatic rings. The fraction of sp³-hybridized carbons (Fsp3) is 0.143. The highest BCUT2D eigenvalue weighted by molar-refractivity contribution is 9.10. The standard InChI is InChI=1S/C14H12Br2ClN/c1-18-14(9-2-4-10(15)5-3-9)12-8-11(17)6-7-13(12)16/h2-8,14,18H,1H3. The lowest BCUT2D eigenvalue weighted by atomic mass is 9.99. The summed E-state index contributed by atoms with van der Waals surface area (Å²) in [6.45, 7) is 0. The first kappa shape index (κ1) is 14.1. The van der Waals surface area contributed by atoms with Gasteiger partial charge in [-0.1, -0.05) is 55.6 Å². The Labute approximate surface area is 129 Å². The van der Waals surface area contributed by atoms with Crippen molar-refractivity contribution in [3.8, 4) is 0 Å². The van der Waals surface area contributed by atoms with Crippen LogP contribution in [0.1, 0.15) is 17.2 Å². The lowest BCUT2D eigenvalue weighted by Crippen LogP contribution is -2.18. The Hall–Kier alpha value is -0.350. The molecule has 4 heteroatoms. The van der Waals surface area contributed by atoms with Crippen LogP contribution in [0.4, 0.5) is 0 Å². The van der Waals surface area contributed by atoms with E-state index in [2.05, 4.69) is 49.3 Å². The molecular weight excluding hydrogens is 377 g/mol. The van der Waals surface area contributed by atoms with E-state index in [-0.39, 0.29) is 6.04 Å². The van der Waals surface area contributed by atoms with Crippen LogP contribution in [0.25, 0.3) is 0 Å². The van der Waals surface area contributed by atoms with Crippen LogP contribution in [0.2, 0.25) is 5.02 Å². The molecule has 0 bridgehead atoms. The average molecular weight is 390 g/mol. The summed E-state index contributed by atoms with van der Waals surface area (Å²) in [5, 5.41) is 4.06. The molecule has 0 fully saturated rings. The third-order valence-electron chi connectivity index (χ3n) is 2.76. The van der Waals surface area contributed by atoms with Gasteiger partial charge in [-0.2, -0.15) is 0 Å². The van der Waals surface area contributed by atoms with Crippen molar-refractivity contribution < 1.29 is 0 Å². The van der Waals surface area contributed by atoms with Crippen LogP contribution < -0.4 is 5.32 Å².